The number of aliphatic carboxylic acids is 1. The fourth-order valence-corrected chi connectivity index (χ4v) is 2.48. The van der Waals surface area contributed by atoms with Crippen molar-refractivity contribution in [1.82, 2.24) is 4.98 Å². The molecule has 0 bridgehead atoms. The van der Waals surface area contributed by atoms with Gasteiger partial charge in [-0.25, -0.2) is 0 Å². The van der Waals surface area contributed by atoms with Gasteiger partial charge in [-0.05, 0) is 36.8 Å². The Labute approximate surface area is 114 Å². The van der Waals surface area contributed by atoms with Gasteiger partial charge in [0.2, 0.25) is 0 Å². The van der Waals surface area contributed by atoms with E-state index in [0.29, 0.717) is 5.02 Å². The molecule has 1 aromatic heterocycles. The molecule has 0 aliphatic rings. The molecule has 3 aromatic rings. The zero-order valence-electron chi connectivity index (χ0n) is 10.3. The number of rotatable bonds is 2. The van der Waals surface area contributed by atoms with Crippen LogP contribution in [0.5, 0.6) is 0 Å². The Morgan fingerprint density at radius 2 is 1.95 bits per heavy atom. The van der Waals surface area contributed by atoms with E-state index in [-0.39, 0.29) is 0 Å². The molecule has 1 heterocycles. The third-order valence-electron chi connectivity index (χ3n) is 3.46. The van der Waals surface area contributed by atoms with Gasteiger partial charge in [0.25, 0.3) is 0 Å². The lowest BCUT2D eigenvalue weighted by Gasteiger charge is -2.06. The summed E-state index contributed by atoms with van der Waals surface area (Å²) in [7, 11) is 0. The first-order chi connectivity index (χ1) is 9.06. The van der Waals surface area contributed by atoms with E-state index >= 15 is 0 Å². The number of carbonyl (C=O) groups is 1. The van der Waals surface area contributed by atoms with E-state index in [1.54, 1.807) is 6.92 Å². The van der Waals surface area contributed by atoms with Crippen LogP contribution in [-0.4, -0.2) is 16.1 Å². The molecular weight excluding hydrogens is 262 g/mol. The lowest BCUT2D eigenvalue weighted by molar-refractivity contribution is -0.138. The van der Waals surface area contributed by atoms with Crippen molar-refractivity contribution in [3.8, 4) is 0 Å². The minimum Gasteiger partial charge on any atom is -0.481 e. The van der Waals surface area contributed by atoms with Crippen LogP contribution in [0.1, 0.15) is 18.4 Å². The molecule has 0 saturated heterocycles. The number of benzene rings is 2. The van der Waals surface area contributed by atoms with Gasteiger partial charge < -0.3 is 10.1 Å². The maximum Gasteiger partial charge on any atom is 0.310 e. The maximum absolute atomic E-state index is 11.0. The standard InChI is InChI=1S/C15H12ClNO2/c1-8(15(18)19)9-2-4-11-12-7-10(16)3-5-13(12)17-14(11)6-9/h2-8,17H,1H3,(H,18,19)/t8-/m0/s1. The smallest absolute Gasteiger partial charge is 0.310 e. The molecule has 0 saturated carbocycles. The van der Waals surface area contributed by atoms with Crippen molar-refractivity contribution in [2.75, 3.05) is 0 Å². The lowest BCUT2D eigenvalue weighted by atomic mass is 10.00. The number of nitrogens with one attached hydrogen (secondary N) is 1. The van der Waals surface area contributed by atoms with Crippen LogP contribution >= 0.6 is 11.6 Å². The van der Waals surface area contributed by atoms with Crippen molar-refractivity contribution < 1.29 is 9.90 Å². The fraction of sp³-hybridized carbons (Fsp3) is 0.133. The average Bonchev–Trinajstić information content (AvgIpc) is 2.74. The van der Waals surface area contributed by atoms with E-state index < -0.39 is 11.9 Å². The molecule has 0 amide bonds. The van der Waals surface area contributed by atoms with Crippen LogP contribution in [0.4, 0.5) is 0 Å². The molecule has 19 heavy (non-hydrogen) atoms. The summed E-state index contributed by atoms with van der Waals surface area (Å²) < 4.78 is 0. The molecule has 0 aliphatic heterocycles. The van der Waals surface area contributed by atoms with Gasteiger partial charge in [-0.3, -0.25) is 4.79 Å². The van der Waals surface area contributed by atoms with Gasteiger partial charge >= 0.3 is 5.97 Å². The van der Waals surface area contributed by atoms with Gasteiger partial charge in [0.05, 0.1) is 5.92 Å². The predicted molar refractivity (Wildman–Crippen MR) is 76.9 cm³/mol. The SMILES string of the molecule is C[C@H](C(=O)O)c1ccc2c(c1)[nH]c1ccc(Cl)cc12. The van der Waals surface area contributed by atoms with Crippen LogP contribution < -0.4 is 0 Å². The number of carboxylic acids is 1. The number of hydrogen-bond acceptors (Lipinski definition) is 1. The first-order valence-corrected chi connectivity index (χ1v) is 6.38. The molecule has 0 fully saturated rings. The second-order valence-electron chi connectivity index (χ2n) is 4.68. The Hall–Kier alpha value is -2.00. The van der Waals surface area contributed by atoms with E-state index in [4.69, 9.17) is 16.7 Å². The van der Waals surface area contributed by atoms with Gasteiger partial charge in [-0.2, -0.15) is 0 Å². The van der Waals surface area contributed by atoms with E-state index in [2.05, 4.69) is 4.98 Å². The van der Waals surface area contributed by atoms with Crippen LogP contribution in [0.2, 0.25) is 5.02 Å². The molecule has 2 N–H and O–H groups in total. The van der Waals surface area contributed by atoms with Crippen molar-refractivity contribution in [2.45, 2.75) is 12.8 Å². The van der Waals surface area contributed by atoms with Gasteiger partial charge in [-0.15, -0.1) is 0 Å². The van der Waals surface area contributed by atoms with Gasteiger partial charge in [0.15, 0.2) is 0 Å². The zero-order chi connectivity index (χ0) is 13.6. The number of aromatic amines is 1. The highest BCUT2D eigenvalue weighted by atomic mass is 35.5. The monoisotopic (exact) mass is 273 g/mol. The second kappa shape index (κ2) is 4.28. The largest absolute Gasteiger partial charge is 0.481 e. The van der Waals surface area contributed by atoms with Crippen molar-refractivity contribution in [3.63, 3.8) is 0 Å². The van der Waals surface area contributed by atoms with Crippen molar-refractivity contribution in [3.05, 3.63) is 47.0 Å². The maximum atomic E-state index is 11.0. The number of carboxylic acid groups (broad SMARTS) is 1. The van der Waals surface area contributed by atoms with Crippen LogP contribution in [-0.2, 0) is 4.79 Å². The van der Waals surface area contributed by atoms with E-state index in [0.717, 1.165) is 27.4 Å². The highest BCUT2D eigenvalue weighted by Crippen LogP contribution is 2.30. The third-order valence-corrected chi connectivity index (χ3v) is 3.69. The van der Waals surface area contributed by atoms with Crippen LogP contribution in [0, 0.1) is 0 Å². The molecule has 0 unspecified atom stereocenters. The number of halogens is 1. The van der Waals surface area contributed by atoms with Crippen LogP contribution in [0.25, 0.3) is 21.8 Å². The summed E-state index contributed by atoms with van der Waals surface area (Å²) in [6, 6.07) is 11.4. The molecule has 0 radical (unpaired) electrons. The minimum atomic E-state index is -0.821. The minimum absolute atomic E-state index is 0.514. The molecule has 3 nitrogen and oxygen atoms in total. The predicted octanol–water partition coefficient (Wildman–Crippen LogP) is 4.16. The van der Waals surface area contributed by atoms with E-state index in [9.17, 15) is 4.79 Å². The van der Waals surface area contributed by atoms with Gasteiger partial charge in [-0.1, -0.05) is 23.7 Å². The molecule has 96 valence electrons. The van der Waals surface area contributed by atoms with Crippen molar-refractivity contribution >= 4 is 39.4 Å². The summed E-state index contributed by atoms with van der Waals surface area (Å²) in [6.07, 6.45) is 0. The summed E-state index contributed by atoms with van der Waals surface area (Å²) in [5.41, 5.74) is 2.72. The number of H-pyrrole nitrogens is 1. The molecule has 4 heteroatoms. The van der Waals surface area contributed by atoms with E-state index in [1.807, 2.05) is 36.4 Å². The summed E-state index contributed by atoms with van der Waals surface area (Å²) in [6.45, 7) is 1.68. The fourth-order valence-electron chi connectivity index (χ4n) is 2.31. The Morgan fingerprint density at radius 3 is 2.68 bits per heavy atom. The Balaban J connectivity index is 2.24. The molecule has 2 aromatic carbocycles. The first kappa shape index (κ1) is 12.1. The molecule has 1 atom stereocenters. The van der Waals surface area contributed by atoms with Gasteiger partial charge in [0, 0.05) is 26.8 Å². The molecule has 0 aliphatic carbocycles. The summed E-state index contributed by atoms with van der Waals surface area (Å²) in [4.78, 5) is 14.3. The summed E-state index contributed by atoms with van der Waals surface area (Å²) in [5, 5.41) is 11.9. The summed E-state index contributed by atoms with van der Waals surface area (Å²) >= 11 is 6.01. The quantitative estimate of drug-likeness (QED) is 0.736. The molecular formula is C15H12ClNO2. The van der Waals surface area contributed by atoms with Crippen LogP contribution in [0.3, 0.4) is 0 Å². The Kier molecular flexibility index (Phi) is 2.72. The summed E-state index contributed by atoms with van der Waals surface area (Å²) in [5.74, 6) is -1.34. The van der Waals surface area contributed by atoms with Crippen molar-refractivity contribution in [2.24, 2.45) is 0 Å². The van der Waals surface area contributed by atoms with Crippen molar-refractivity contribution in [1.29, 1.82) is 0 Å². The topological polar surface area (TPSA) is 53.1 Å². The van der Waals surface area contributed by atoms with E-state index in [1.165, 1.54) is 0 Å². The number of hydrogen-bond donors (Lipinski definition) is 2. The normalized spacial score (nSPS) is 12.9. The highest BCUT2D eigenvalue weighted by Gasteiger charge is 2.15. The Bertz CT molecular complexity index is 791. The molecule has 3 rings (SSSR count). The van der Waals surface area contributed by atoms with Gasteiger partial charge in [0.1, 0.15) is 0 Å². The first-order valence-electron chi connectivity index (χ1n) is 6.00. The average molecular weight is 274 g/mol. The number of aromatic nitrogens is 1. The Morgan fingerprint density at radius 1 is 1.16 bits per heavy atom. The zero-order valence-corrected chi connectivity index (χ0v) is 11.0. The third kappa shape index (κ3) is 1.96. The van der Waals surface area contributed by atoms with Crippen LogP contribution in [0.15, 0.2) is 36.4 Å². The lowest BCUT2D eigenvalue weighted by Crippen LogP contribution is -2.06. The highest BCUT2D eigenvalue weighted by molar-refractivity contribution is 6.31. The molecule has 0 spiro atoms. The second-order valence-corrected chi connectivity index (χ2v) is 5.12. The number of fused-ring (bicyclic) bond motifs is 3.